The van der Waals surface area contributed by atoms with Crippen molar-refractivity contribution in [2.75, 3.05) is 27.9 Å². The fourth-order valence-corrected chi connectivity index (χ4v) is 5.06. The summed E-state index contributed by atoms with van der Waals surface area (Å²) in [7, 11) is 4.43. The predicted octanol–water partition coefficient (Wildman–Crippen LogP) is 5.39. The van der Waals surface area contributed by atoms with Gasteiger partial charge >= 0.3 is 0 Å². The summed E-state index contributed by atoms with van der Waals surface area (Å²) in [6, 6.07) is 13.4. The first-order chi connectivity index (χ1) is 18.2. The van der Waals surface area contributed by atoms with Crippen LogP contribution in [0, 0.1) is 0 Å². The molecule has 3 aromatic carbocycles. The molecule has 3 aromatic rings. The lowest BCUT2D eigenvalue weighted by Gasteiger charge is -2.26. The number of carbonyl (C=O) groups excluding carboxylic acids is 2. The number of hydrogen-bond donors (Lipinski definition) is 2. The molecule has 1 heterocycles. The highest BCUT2D eigenvalue weighted by Gasteiger charge is 2.46. The number of amides is 1. The number of benzene rings is 3. The van der Waals surface area contributed by atoms with Crippen molar-refractivity contribution in [2.45, 2.75) is 12.5 Å². The lowest BCUT2D eigenvalue weighted by molar-refractivity contribution is -0.139. The molecule has 0 radical (unpaired) electrons. The minimum Gasteiger partial charge on any atom is -0.508 e. The lowest BCUT2D eigenvalue weighted by atomic mass is 9.94. The molecule has 2 N–H and O–H groups in total. The Labute approximate surface area is 229 Å². The number of ketones is 1. The van der Waals surface area contributed by atoms with Gasteiger partial charge in [-0.2, -0.15) is 0 Å². The number of methoxy groups -OCH3 is 3. The predicted molar refractivity (Wildman–Crippen MR) is 143 cm³/mol. The van der Waals surface area contributed by atoms with E-state index in [1.54, 1.807) is 24.3 Å². The van der Waals surface area contributed by atoms with Crippen LogP contribution in [0.5, 0.6) is 23.0 Å². The second kappa shape index (κ2) is 11.2. The summed E-state index contributed by atoms with van der Waals surface area (Å²) in [5.41, 5.74) is 1.29. The van der Waals surface area contributed by atoms with E-state index in [1.165, 1.54) is 50.5 Å². The van der Waals surface area contributed by atoms with Gasteiger partial charge in [-0.3, -0.25) is 9.59 Å². The summed E-state index contributed by atoms with van der Waals surface area (Å²) < 4.78 is 16.0. The number of hydrogen-bond acceptors (Lipinski definition) is 7. The SMILES string of the molecule is COc1ccc(CCN2C(=O)C(=O)/C(=C(/O)c3cc(Cl)cc(Cl)c3OC)C2c2ccc(O)cc2)cc1OC. The zero-order chi connectivity index (χ0) is 27.6. The zero-order valence-electron chi connectivity index (χ0n) is 20.8. The first-order valence-corrected chi connectivity index (χ1v) is 12.3. The molecule has 0 bridgehead atoms. The maximum absolute atomic E-state index is 13.3. The van der Waals surface area contributed by atoms with Crippen LogP contribution < -0.4 is 14.2 Å². The van der Waals surface area contributed by atoms with E-state index in [4.69, 9.17) is 37.4 Å². The Hall–Kier alpha value is -3.88. The van der Waals surface area contributed by atoms with Crippen molar-refractivity contribution in [3.8, 4) is 23.0 Å². The molecule has 8 nitrogen and oxygen atoms in total. The van der Waals surface area contributed by atoms with Gasteiger partial charge < -0.3 is 29.3 Å². The largest absolute Gasteiger partial charge is 0.508 e. The minimum absolute atomic E-state index is 0.0133. The molecular weight excluding hydrogens is 533 g/mol. The molecule has 38 heavy (non-hydrogen) atoms. The Morgan fingerprint density at radius 1 is 0.921 bits per heavy atom. The molecule has 0 spiro atoms. The normalized spacial score (nSPS) is 16.6. The number of Topliss-reactive ketones (excluding diaryl/α,β-unsaturated/α-hetero) is 1. The van der Waals surface area contributed by atoms with Crippen LogP contribution in [-0.4, -0.2) is 54.7 Å². The molecule has 1 unspecified atom stereocenters. The van der Waals surface area contributed by atoms with Crippen molar-refractivity contribution in [3.05, 3.63) is 86.9 Å². The van der Waals surface area contributed by atoms with Crippen molar-refractivity contribution >= 4 is 40.7 Å². The lowest BCUT2D eigenvalue weighted by Crippen LogP contribution is -2.31. The highest BCUT2D eigenvalue weighted by Crippen LogP contribution is 2.43. The third-order valence-corrected chi connectivity index (χ3v) is 6.80. The van der Waals surface area contributed by atoms with Gasteiger partial charge in [-0.1, -0.05) is 41.4 Å². The van der Waals surface area contributed by atoms with Crippen LogP contribution in [0.1, 0.15) is 22.7 Å². The third kappa shape index (κ3) is 5.10. The second-order valence-corrected chi connectivity index (χ2v) is 9.34. The molecule has 0 aliphatic carbocycles. The number of phenolic OH excluding ortho intramolecular Hbond substituents is 1. The molecule has 1 aliphatic rings. The van der Waals surface area contributed by atoms with Gasteiger partial charge in [0.15, 0.2) is 11.5 Å². The molecule has 1 amide bonds. The van der Waals surface area contributed by atoms with E-state index in [0.29, 0.717) is 23.5 Å². The molecule has 1 fully saturated rings. The average Bonchev–Trinajstić information content (AvgIpc) is 3.16. The number of carbonyl (C=O) groups is 2. The Kier molecular flexibility index (Phi) is 8.04. The van der Waals surface area contributed by atoms with Crippen LogP contribution in [0.4, 0.5) is 0 Å². The monoisotopic (exact) mass is 557 g/mol. The summed E-state index contributed by atoms with van der Waals surface area (Å²) in [5.74, 6) is -0.907. The van der Waals surface area contributed by atoms with Crippen molar-refractivity contribution in [3.63, 3.8) is 0 Å². The molecule has 198 valence electrons. The number of aliphatic hydroxyl groups excluding tert-OH is 1. The van der Waals surface area contributed by atoms with Gasteiger partial charge in [0.1, 0.15) is 17.3 Å². The summed E-state index contributed by atoms with van der Waals surface area (Å²) in [4.78, 5) is 28.0. The van der Waals surface area contributed by atoms with Crippen LogP contribution in [-0.2, 0) is 16.0 Å². The topological polar surface area (TPSA) is 106 Å². The molecular formula is C28H25Cl2NO7. The molecule has 0 saturated carbocycles. The number of aliphatic hydroxyl groups is 1. The molecule has 10 heteroatoms. The zero-order valence-corrected chi connectivity index (χ0v) is 22.3. The van der Waals surface area contributed by atoms with E-state index < -0.39 is 23.5 Å². The fraction of sp³-hybridized carbons (Fsp3) is 0.214. The third-order valence-electron chi connectivity index (χ3n) is 6.31. The Bertz CT molecular complexity index is 1420. The van der Waals surface area contributed by atoms with Crippen molar-refractivity contribution in [1.29, 1.82) is 0 Å². The smallest absolute Gasteiger partial charge is 0.295 e. The molecule has 1 atom stereocenters. The Balaban J connectivity index is 1.81. The summed E-state index contributed by atoms with van der Waals surface area (Å²) >= 11 is 12.4. The van der Waals surface area contributed by atoms with Crippen LogP contribution >= 0.6 is 23.2 Å². The molecule has 1 aliphatic heterocycles. The van der Waals surface area contributed by atoms with E-state index in [0.717, 1.165) is 5.56 Å². The quantitative estimate of drug-likeness (QED) is 0.217. The standard InChI is InChI=1S/C28H25Cl2NO7/c1-36-21-9-4-15(12-22(21)37-2)10-11-31-24(16-5-7-18(32)8-6-16)23(26(34)28(31)35)25(33)19-13-17(29)14-20(30)27(19)38-3/h4-9,12-14,24,32-33H,10-11H2,1-3H3/b25-23+. The van der Waals surface area contributed by atoms with Crippen LogP contribution in [0.3, 0.4) is 0 Å². The van der Waals surface area contributed by atoms with Crippen LogP contribution in [0.2, 0.25) is 10.0 Å². The molecule has 1 saturated heterocycles. The summed E-state index contributed by atoms with van der Waals surface area (Å²) in [5, 5.41) is 21.5. The van der Waals surface area contributed by atoms with Gasteiger partial charge in [-0.05, 0) is 53.9 Å². The van der Waals surface area contributed by atoms with Crippen molar-refractivity contribution in [2.24, 2.45) is 0 Å². The van der Waals surface area contributed by atoms with Crippen LogP contribution in [0.25, 0.3) is 5.76 Å². The highest BCUT2D eigenvalue weighted by molar-refractivity contribution is 6.46. The van der Waals surface area contributed by atoms with Gasteiger partial charge in [-0.25, -0.2) is 0 Å². The van der Waals surface area contributed by atoms with Crippen molar-refractivity contribution < 1.29 is 34.0 Å². The molecule has 4 rings (SSSR count). The Morgan fingerprint density at radius 3 is 2.24 bits per heavy atom. The number of likely N-dealkylation sites (tertiary alicyclic amines) is 1. The Morgan fingerprint density at radius 2 is 1.61 bits per heavy atom. The van der Waals surface area contributed by atoms with Gasteiger partial charge in [0.05, 0.1) is 43.5 Å². The second-order valence-electron chi connectivity index (χ2n) is 8.49. The van der Waals surface area contributed by atoms with Crippen LogP contribution in [0.15, 0.2) is 60.2 Å². The van der Waals surface area contributed by atoms with E-state index in [1.807, 2.05) is 6.07 Å². The summed E-state index contributed by atoms with van der Waals surface area (Å²) in [6.07, 6.45) is 0.383. The van der Waals surface area contributed by atoms with E-state index in [2.05, 4.69) is 0 Å². The number of rotatable bonds is 8. The highest BCUT2D eigenvalue weighted by atomic mass is 35.5. The van der Waals surface area contributed by atoms with Gasteiger partial charge in [0.25, 0.3) is 11.7 Å². The fourth-order valence-electron chi connectivity index (χ4n) is 4.49. The number of nitrogens with zero attached hydrogens (tertiary/aromatic N) is 1. The van der Waals surface area contributed by atoms with Gasteiger partial charge in [0.2, 0.25) is 0 Å². The average molecular weight is 558 g/mol. The van der Waals surface area contributed by atoms with E-state index in [9.17, 15) is 19.8 Å². The van der Waals surface area contributed by atoms with E-state index >= 15 is 0 Å². The van der Waals surface area contributed by atoms with Gasteiger partial charge in [-0.15, -0.1) is 0 Å². The first-order valence-electron chi connectivity index (χ1n) is 11.5. The maximum atomic E-state index is 13.3. The number of phenols is 1. The maximum Gasteiger partial charge on any atom is 0.295 e. The number of aromatic hydroxyl groups is 1. The molecule has 0 aromatic heterocycles. The first kappa shape index (κ1) is 27.2. The number of halogens is 2. The van der Waals surface area contributed by atoms with E-state index in [-0.39, 0.29) is 39.2 Å². The summed E-state index contributed by atoms with van der Waals surface area (Å²) in [6.45, 7) is 0.149. The minimum atomic E-state index is -0.946. The van der Waals surface area contributed by atoms with Crippen molar-refractivity contribution in [1.82, 2.24) is 4.90 Å². The van der Waals surface area contributed by atoms with Gasteiger partial charge in [0, 0.05) is 11.6 Å². The number of ether oxygens (including phenoxy) is 3.